The minimum atomic E-state index is 0.0800. The third-order valence-corrected chi connectivity index (χ3v) is 3.89. The Balaban J connectivity index is 2.26. The zero-order chi connectivity index (χ0) is 12.1. The SMILES string of the molecule is COc1cc(OC)cc([SiH]c2ccccc2)c1. The summed E-state index contributed by atoms with van der Waals surface area (Å²) in [6.45, 7) is 0. The number of methoxy groups -OCH3 is 2. The predicted molar refractivity (Wildman–Crippen MR) is 72.4 cm³/mol. The maximum atomic E-state index is 5.27. The Hall–Kier alpha value is -1.74. The first-order valence-electron chi connectivity index (χ1n) is 5.44. The Morgan fingerprint density at radius 2 is 1.35 bits per heavy atom. The molecule has 0 spiro atoms. The molecule has 2 aromatic rings. The van der Waals surface area contributed by atoms with Crippen LogP contribution in [0.1, 0.15) is 0 Å². The third kappa shape index (κ3) is 3.11. The molecule has 0 aliphatic carbocycles. The van der Waals surface area contributed by atoms with E-state index in [1.165, 1.54) is 10.4 Å². The van der Waals surface area contributed by atoms with Crippen molar-refractivity contribution in [3.8, 4) is 11.5 Å². The van der Waals surface area contributed by atoms with Crippen molar-refractivity contribution in [2.24, 2.45) is 0 Å². The molecule has 2 rings (SSSR count). The van der Waals surface area contributed by atoms with Crippen molar-refractivity contribution in [2.45, 2.75) is 0 Å². The molecule has 87 valence electrons. The van der Waals surface area contributed by atoms with Crippen LogP contribution >= 0.6 is 0 Å². The van der Waals surface area contributed by atoms with Gasteiger partial charge in [0.05, 0.1) is 14.2 Å². The molecule has 0 amide bonds. The number of rotatable bonds is 4. The average molecular weight is 243 g/mol. The van der Waals surface area contributed by atoms with E-state index >= 15 is 0 Å². The molecule has 0 saturated heterocycles. The van der Waals surface area contributed by atoms with Gasteiger partial charge in [-0.15, -0.1) is 0 Å². The van der Waals surface area contributed by atoms with E-state index in [1.54, 1.807) is 14.2 Å². The van der Waals surface area contributed by atoms with Crippen LogP contribution in [0.3, 0.4) is 0 Å². The van der Waals surface area contributed by atoms with Crippen LogP contribution < -0.4 is 19.8 Å². The van der Waals surface area contributed by atoms with E-state index < -0.39 is 0 Å². The molecule has 2 nitrogen and oxygen atoms in total. The Morgan fingerprint density at radius 1 is 0.765 bits per heavy atom. The highest BCUT2D eigenvalue weighted by Crippen LogP contribution is 2.16. The minimum absolute atomic E-state index is 0.0800. The van der Waals surface area contributed by atoms with Crippen LogP contribution in [0.4, 0.5) is 0 Å². The monoisotopic (exact) mass is 243 g/mol. The van der Waals surface area contributed by atoms with Crippen LogP contribution in [-0.2, 0) is 0 Å². The molecule has 0 atom stereocenters. The first-order chi connectivity index (χ1) is 8.31. The van der Waals surface area contributed by atoms with Crippen molar-refractivity contribution in [3.63, 3.8) is 0 Å². The molecule has 3 heteroatoms. The van der Waals surface area contributed by atoms with Crippen molar-refractivity contribution in [1.82, 2.24) is 0 Å². The third-order valence-electron chi connectivity index (χ3n) is 2.51. The standard InChI is InChI=1S/C14H15O2Si/c1-15-11-8-12(16-2)10-14(9-11)17-13-6-4-3-5-7-13/h3-10,17H,1-2H3. The fourth-order valence-corrected chi connectivity index (χ4v) is 2.95. The molecule has 1 radical (unpaired) electrons. The van der Waals surface area contributed by atoms with E-state index in [9.17, 15) is 0 Å². The summed E-state index contributed by atoms with van der Waals surface area (Å²) in [5.41, 5.74) is 0. The van der Waals surface area contributed by atoms with Gasteiger partial charge >= 0.3 is 0 Å². The summed E-state index contributed by atoms with van der Waals surface area (Å²) in [6.07, 6.45) is 0. The Labute approximate surface area is 104 Å². The molecule has 0 bridgehead atoms. The number of hydrogen-bond donors (Lipinski definition) is 0. The quantitative estimate of drug-likeness (QED) is 0.749. The lowest BCUT2D eigenvalue weighted by molar-refractivity contribution is 0.395. The normalized spacial score (nSPS) is 10.0. The van der Waals surface area contributed by atoms with Gasteiger partial charge in [0.15, 0.2) is 0 Å². The molecule has 0 fully saturated rings. The van der Waals surface area contributed by atoms with Crippen LogP contribution in [0.25, 0.3) is 0 Å². The maximum Gasteiger partial charge on any atom is 0.122 e. The van der Waals surface area contributed by atoms with Gasteiger partial charge < -0.3 is 9.47 Å². The van der Waals surface area contributed by atoms with Crippen LogP contribution in [0.2, 0.25) is 0 Å². The smallest absolute Gasteiger partial charge is 0.122 e. The Kier molecular flexibility index (Phi) is 3.83. The minimum Gasteiger partial charge on any atom is -0.497 e. The molecular weight excluding hydrogens is 228 g/mol. The molecule has 0 aliphatic rings. The lowest BCUT2D eigenvalue weighted by Gasteiger charge is -2.08. The van der Waals surface area contributed by atoms with Crippen molar-refractivity contribution >= 4 is 19.9 Å². The van der Waals surface area contributed by atoms with Crippen molar-refractivity contribution in [2.75, 3.05) is 14.2 Å². The van der Waals surface area contributed by atoms with Crippen molar-refractivity contribution < 1.29 is 9.47 Å². The van der Waals surface area contributed by atoms with E-state index in [0.29, 0.717) is 0 Å². The van der Waals surface area contributed by atoms with Gasteiger partial charge in [-0.05, 0) is 12.1 Å². The molecule has 0 N–H and O–H groups in total. The lowest BCUT2D eigenvalue weighted by Crippen LogP contribution is -2.26. The highest BCUT2D eigenvalue weighted by Gasteiger charge is 2.03. The van der Waals surface area contributed by atoms with Gasteiger partial charge in [0.25, 0.3) is 0 Å². The topological polar surface area (TPSA) is 18.5 Å². The van der Waals surface area contributed by atoms with Gasteiger partial charge in [-0.3, -0.25) is 0 Å². The number of hydrogen-bond acceptors (Lipinski definition) is 2. The molecule has 2 aromatic carbocycles. The van der Waals surface area contributed by atoms with E-state index in [0.717, 1.165) is 11.5 Å². The van der Waals surface area contributed by atoms with Gasteiger partial charge in [-0.1, -0.05) is 40.7 Å². The number of ether oxygens (including phenoxy) is 2. The van der Waals surface area contributed by atoms with Crippen LogP contribution in [-0.4, -0.2) is 23.7 Å². The van der Waals surface area contributed by atoms with E-state index in [-0.39, 0.29) is 9.52 Å². The largest absolute Gasteiger partial charge is 0.497 e. The van der Waals surface area contributed by atoms with Gasteiger partial charge in [-0.25, -0.2) is 0 Å². The lowest BCUT2D eigenvalue weighted by atomic mass is 10.3. The molecular formula is C14H15O2Si. The van der Waals surface area contributed by atoms with Crippen molar-refractivity contribution in [1.29, 1.82) is 0 Å². The van der Waals surface area contributed by atoms with Gasteiger partial charge in [0, 0.05) is 6.07 Å². The highest BCUT2D eigenvalue weighted by atomic mass is 28.2. The highest BCUT2D eigenvalue weighted by molar-refractivity contribution is 6.67. The Morgan fingerprint density at radius 3 is 1.88 bits per heavy atom. The first-order valence-corrected chi connectivity index (χ1v) is 6.60. The molecule has 0 heterocycles. The summed E-state index contributed by atoms with van der Waals surface area (Å²) in [5, 5.41) is 2.63. The van der Waals surface area contributed by atoms with Gasteiger partial charge in [0.1, 0.15) is 21.0 Å². The van der Waals surface area contributed by atoms with Crippen LogP contribution in [0, 0.1) is 0 Å². The summed E-state index contributed by atoms with van der Waals surface area (Å²) >= 11 is 0. The summed E-state index contributed by atoms with van der Waals surface area (Å²) in [6, 6.07) is 16.5. The van der Waals surface area contributed by atoms with Gasteiger partial charge in [0.2, 0.25) is 0 Å². The summed E-state index contributed by atoms with van der Waals surface area (Å²) in [5.74, 6) is 1.70. The predicted octanol–water partition coefficient (Wildman–Crippen LogP) is 1.09. The van der Waals surface area contributed by atoms with Crippen LogP contribution in [0.5, 0.6) is 11.5 Å². The second kappa shape index (κ2) is 5.55. The second-order valence-corrected chi connectivity index (χ2v) is 5.32. The summed E-state index contributed by atoms with van der Waals surface area (Å²) < 4.78 is 10.5. The molecule has 0 unspecified atom stereocenters. The van der Waals surface area contributed by atoms with E-state index in [2.05, 4.69) is 36.4 Å². The molecule has 0 aromatic heterocycles. The van der Waals surface area contributed by atoms with E-state index in [4.69, 9.17) is 9.47 Å². The average Bonchev–Trinajstić information content (AvgIpc) is 2.39. The van der Waals surface area contributed by atoms with Crippen LogP contribution in [0.15, 0.2) is 48.5 Å². The maximum absolute atomic E-state index is 5.27. The molecule has 0 saturated carbocycles. The van der Waals surface area contributed by atoms with E-state index in [1.807, 2.05) is 12.1 Å². The summed E-state index contributed by atoms with van der Waals surface area (Å²) in [7, 11) is 3.43. The fourth-order valence-electron chi connectivity index (χ4n) is 1.65. The second-order valence-electron chi connectivity index (χ2n) is 3.70. The van der Waals surface area contributed by atoms with Crippen molar-refractivity contribution in [3.05, 3.63) is 48.5 Å². The number of benzene rings is 2. The zero-order valence-corrected chi connectivity index (χ0v) is 11.2. The molecule has 0 aliphatic heterocycles. The Bertz CT molecular complexity index is 461. The molecule has 17 heavy (non-hydrogen) atoms. The first kappa shape index (κ1) is 11.7. The van der Waals surface area contributed by atoms with Gasteiger partial charge in [-0.2, -0.15) is 0 Å². The fraction of sp³-hybridized carbons (Fsp3) is 0.143. The zero-order valence-electron chi connectivity index (χ0n) is 10.0. The summed E-state index contributed by atoms with van der Waals surface area (Å²) in [4.78, 5) is 0.